The number of pyridine rings is 2. The van der Waals surface area contributed by atoms with Gasteiger partial charge in [-0.1, -0.05) is 53.7 Å². The molecule has 5 N–H and O–H groups in total. The topological polar surface area (TPSA) is 177 Å². The summed E-state index contributed by atoms with van der Waals surface area (Å²) in [5.74, 6) is -1.38. The lowest BCUT2D eigenvalue weighted by Crippen LogP contribution is -2.25. The molecule has 0 saturated heterocycles. The van der Waals surface area contributed by atoms with Crippen LogP contribution in [0.25, 0.3) is 21.8 Å². The molecular formula is C46H46F3N5O6. The van der Waals surface area contributed by atoms with Crippen molar-refractivity contribution in [2.75, 3.05) is 10.6 Å². The van der Waals surface area contributed by atoms with Gasteiger partial charge in [0.2, 0.25) is 10.9 Å². The second-order valence-electron chi connectivity index (χ2n) is 16.6. The molecule has 0 aliphatic rings. The van der Waals surface area contributed by atoms with Gasteiger partial charge >= 0.3 is 6.18 Å². The zero-order valence-corrected chi connectivity index (χ0v) is 34.7. The average Bonchev–Trinajstić information content (AvgIpc) is 3.14. The van der Waals surface area contributed by atoms with Gasteiger partial charge in [0.05, 0.1) is 34.5 Å². The Kier molecular flexibility index (Phi) is 12.4. The third-order valence-corrected chi connectivity index (χ3v) is 9.53. The largest absolute Gasteiger partial charge is 0.508 e. The number of hydrogen-bond donors (Lipinski definition) is 5. The van der Waals surface area contributed by atoms with Crippen molar-refractivity contribution in [2.24, 2.45) is 0 Å². The molecule has 2 heterocycles. The van der Waals surface area contributed by atoms with Crippen LogP contribution < -0.4 is 26.2 Å². The van der Waals surface area contributed by atoms with Gasteiger partial charge in [-0.3, -0.25) is 19.2 Å². The second-order valence-corrected chi connectivity index (χ2v) is 16.6. The number of amides is 2. The molecule has 0 bridgehead atoms. The van der Waals surface area contributed by atoms with E-state index in [1.807, 2.05) is 53.7 Å². The zero-order valence-electron chi connectivity index (χ0n) is 34.7. The molecule has 0 spiro atoms. The molecule has 14 heteroatoms. The lowest BCUT2D eigenvalue weighted by atomic mass is 9.79. The van der Waals surface area contributed by atoms with E-state index in [1.54, 1.807) is 57.2 Å². The highest BCUT2D eigenvalue weighted by Crippen LogP contribution is 2.40. The highest BCUT2D eigenvalue weighted by atomic mass is 19.4. The first-order valence-electron chi connectivity index (χ1n) is 19.0. The Bertz CT molecular complexity index is 2800. The quantitative estimate of drug-likeness (QED) is 0.111. The number of halogens is 3. The van der Waals surface area contributed by atoms with Gasteiger partial charge in [-0.15, -0.1) is 0 Å². The van der Waals surface area contributed by atoms with Crippen LogP contribution in [-0.2, 0) is 17.0 Å². The highest BCUT2D eigenvalue weighted by molar-refractivity contribution is 6.07. The minimum Gasteiger partial charge on any atom is -0.508 e. The molecule has 2 aromatic heterocycles. The summed E-state index contributed by atoms with van der Waals surface area (Å²) >= 11 is 0. The van der Waals surface area contributed by atoms with Crippen molar-refractivity contribution in [1.29, 1.82) is 5.26 Å². The summed E-state index contributed by atoms with van der Waals surface area (Å²) in [6.07, 6.45) is -2.48. The van der Waals surface area contributed by atoms with Crippen LogP contribution in [0.15, 0.2) is 88.7 Å². The molecular weight excluding hydrogens is 776 g/mol. The van der Waals surface area contributed by atoms with Crippen molar-refractivity contribution in [3.05, 3.63) is 139 Å². The number of hydrogen-bond acceptors (Lipinski definition) is 7. The maximum Gasteiger partial charge on any atom is 0.418 e. The smallest absolute Gasteiger partial charge is 0.418 e. The third-order valence-electron chi connectivity index (χ3n) is 9.53. The Morgan fingerprint density at radius 2 is 1.35 bits per heavy atom. The molecule has 6 rings (SSSR count). The van der Waals surface area contributed by atoms with E-state index in [2.05, 4.69) is 20.6 Å². The molecule has 312 valence electrons. The molecule has 6 aromatic rings. The van der Waals surface area contributed by atoms with Gasteiger partial charge in [-0.05, 0) is 96.8 Å². The summed E-state index contributed by atoms with van der Waals surface area (Å²) in [4.78, 5) is 57.0. The summed E-state index contributed by atoms with van der Waals surface area (Å²) in [5, 5.41) is 25.3. The summed E-state index contributed by atoms with van der Waals surface area (Å²) < 4.78 is 45.8. The van der Waals surface area contributed by atoms with Crippen molar-refractivity contribution in [3.63, 3.8) is 0 Å². The number of carbonyl (C=O) groups excluding carboxylic acids is 2. The highest BCUT2D eigenvalue weighted by Gasteiger charge is 2.35. The van der Waals surface area contributed by atoms with E-state index < -0.39 is 40.1 Å². The average molecular weight is 822 g/mol. The Hall–Kier alpha value is -6.88. The molecule has 0 aliphatic heterocycles. The molecule has 0 unspecified atom stereocenters. The van der Waals surface area contributed by atoms with E-state index in [9.17, 15) is 37.5 Å². The molecule has 0 aliphatic carbocycles. The van der Waals surface area contributed by atoms with Gasteiger partial charge in [-0.2, -0.15) is 18.4 Å². The first kappa shape index (κ1) is 44.2. The number of aryl methyl sites for hydroxylation is 1. The van der Waals surface area contributed by atoms with Crippen LogP contribution in [0.5, 0.6) is 11.5 Å². The molecule has 0 radical (unpaired) electrons. The lowest BCUT2D eigenvalue weighted by molar-refractivity contribution is -0.137. The SMILES string of the molecule is CC(C)(C)c1cc(C(C)(C)C)c(NC(=O)c2c[nH]c3cc(C#N)ccc3c2=O)cc1O.Cc1cccc2[nH]cc(C(=O)Nc3ccc(OC(C)C)cc3C(F)(F)F)c(=O)c12. The van der Waals surface area contributed by atoms with Crippen LogP contribution in [0.4, 0.5) is 24.5 Å². The fraction of sp³-hybridized carbons (Fsp3) is 0.283. The summed E-state index contributed by atoms with van der Waals surface area (Å²) in [6.45, 7) is 17.2. The zero-order chi connectivity index (χ0) is 44.5. The number of ether oxygens (including phenoxy) is 1. The van der Waals surface area contributed by atoms with Gasteiger partial charge in [0.25, 0.3) is 11.8 Å². The van der Waals surface area contributed by atoms with E-state index in [1.165, 1.54) is 24.5 Å². The van der Waals surface area contributed by atoms with Crippen molar-refractivity contribution in [2.45, 2.75) is 85.4 Å². The molecule has 11 nitrogen and oxygen atoms in total. The summed E-state index contributed by atoms with van der Waals surface area (Å²) in [6, 6.07) is 18.6. The number of alkyl halides is 3. The number of aromatic hydroxyl groups is 1. The van der Waals surface area contributed by atoms with Crippen LogP contribution in [0.2, 0.25) is 0 Å². The predicted molar refractivity (Wildman–Crippen MR) is 227 cm³/mol. The summed E-state index contributed by atoms with van der Waals surface area (Å²) in [7, 11) is 0. The van der Waals surface area contributed by atoms with Crippen molar-refractivity contribution in [3.8, 4) is 17.6 Å². The number of carbonyl (C=O) groups is 2. The van der Waals surface area contributed by atoms with Crippen LogP contribution >= 0.6 is 0 Å². The Morgan fingerprint density at radius 3 is 1.93 bits per heavy atom. The van der Waals surface area contributed by atoms with E-state index in [4.69, 9.17) is 10.00 Å². The number of H-pyrrole nitrogens is 2. The summed E-state index contributed by atoms with van der Waals surface area (Å²) in [5.41, 5.74) is 0.819. The number of aromatic amines is 2. The number of fused-ring (bicyclic) bond motifs is 2. The Balaban J connectivity index is 0.000000228. The van der Waals surface area contributed by atoms with E-state index in [-0.39, 0.29) is 39.6 Å². The second kappa shape index (κ2) is 16.8. The fourth-order valence-corrected chi connectivity index (χ4v) is 6.57. The number of phenols is 1. The molecule has 4 aromatic carbocycles. The van der Waals surface area contributed by atoms with Gasteiger partial charge < -0.3 is 30.4 Å². The first-order chi connectivity index (χ1) is 27.9. The van der Waals surface area contributed by atoms with Crippen LogP contribution in [0, 0.1) is 18.3 Å². The Labute approximate surface area is 344 Å². The lowest BCUT2D eigenvalue weighted by Gasteiger charge is -2.28. The first-order valence-corrected chi connectivity index (χ1v) is 19.0. The van der Waals surface area contributed by atoms with E-state index >= 15 is 0 Å². The number of benzene rings is 4. The normalized spacial score (nSPS) is 11.8. The maximum atomic E-state index is 13.5. The number of nitrogens with zero attached hydrogens (tertiary/aromatic N) is 1. The van der Waals surface area contributed by atoms with E-state index in [0.29, 0.717) is 38.6 Å². The standard InChI is InChI=1S/C25H27N3O3.C21H19F3N2O3/c1-24(2,3)17-10-18(25(4,5)6)21(29)11-20(17)28-23(31)16-13-27-19-9-14(12-26)7-8-15(19)22(16)30;1-11(2)29-13-7-8-16(15(9-13)21(22,23)24)26-20(28)14-10-25-17-6-4-5-12(3)18(17)19(14)27/h7-11,13,29H,1-6H3,(H,27,30)(H,28,31);4-11H,1-3H3,(H,25,27)(H,26,28). The minimum atomic E-state index is -4.72. The predicted octanol–water partition coefficient (Wildman–Crippen LogP) is 9.85. The number of rotatable bonds is 6. The molecule has 60 heavy (non-hydrogen) atoms. The molecule has 2 amide bonds. The van der Waals surface area contributed by atoms with Crippen molar-refractivity contribution in [1.82, 2.24) is 9.97 Å². The van der Waals surface area contributed by atoms with Crippen molar-refractivity contribution < 1.29 is 32.6 Å². The maximum absolute atomic E-state index is 13.5. The van der Waals surface area contributed by atoms with Gasteiger partial charge in [0, 0.05) is 40.4 Å². The minimum absolute atomic E-state index is 0.0319. The van der Waals surface area contributed by atoms with Gasteiger partial charge in [0.15, 0.2) is 0 Å². The van der Waals surface area contributed by atoms with Crippen molar-refractivity contribution >= 4 is 45.0 Å². The van der Waals surface area contributed by atoms with Crippen LogP contribution in [0.3, 0.4) is 0 Å². The van der Waals surface area contributed by atoms with Gasteiger partial charge in [-0.25, -0.2) is 0 Å². The number of nitriles is 1. The molecule has 0 atom stereocenters. The van der Waals surface area contributed by atoms with Crippen LogP contribution in [0.1, 0.15) is 104 Å². The number of aromatic nitrogens is 2. The number of nitrogens with one attached hydrogen (secondary N) is 4. The fourth-order valence-electron chi connectivity index (χ4n) is 6.57. The van der Waals surface area contributed by atoms with Crippen LogP contribution in [-0.4, -0.2) is 33.0 Å². The third kappa shape index (κ3) is 9.69. The number of phenolic OH excluding ortho intramolecular Hbond substituents is 1. The molecule has 0 saturated carbocycles. The molecule has 0 fully saturated rings. The Morgan fingerprint density at radius 1 is 0.750 bits per heavy atom. The van der Waals surface area contributed by atoms with Gasteiger partial charge in [0.1, 0.15) is 22.6 Å². The van der Waals surface area contributed by atoms with E-state index in [0.717, 1.165) is 23.3 Å². The monoisotopic (exact) mass is 821 g/mol. The number of anilines is 2.